The Morgan fingerprint density at radius 2 is 2.09 bits per heavy atom. The van der Waals surface area contributed by atoms with Crippen LogP contribution in [0.3, 0.4) is 0 Å². The topological polar surface area (TPSA) is 62.8 Å². The minimum Gasteiger partial charge on any atom is -0.495 e. The van der Waals surface area contributed by atoms with Crippen LogP contribution in [0.15, 0.2) is 36.8 Å². The second kappa shape index (κ2) is 5.91. The third-order valence-electron chi connectivity index (χ3n) is 4.50. The van der Waals surface area contributed by atoms with E-state index in [0.29, 0.717) is 6.04 Å². The van der Waals surface area contributed by atoms with Gasteiger partial charge in [-0.1, -0.05) is 12.8 Å². The zero-order chi connectivity index (χ0) is 15.6. The number of nitrogens with zero attached hydrogens (tertiary/aromatic N) is 2. The van der Waals surface area contributed by atoms with Gasteiger partial charge >= 0.3 is 0 Å². The van der Waals surface area contributed by atoms with E-state index in [1.807, 2.05) is 18.5 Å². The van der Waals surface area contributed by atoms with Gasteiger partial charge < -0.3 is 15.0 Å². The minimum atomic E-state index is 0.534. The van der Waals surface area contributed by atoms with Gasteiger partial charge in [0.1, 0.15) is 17.2 Å². The standard InChI is InChI=1S/C18H20N4O/c1-23-14-8-12(10-19-11-14)16-9-17(21-13-4-2-3-5-13)22-18-15(16)6-7-20-18/h6-11,13H,2-5H2,1H3,(H2,20,21,22). The number of hydrogen-bond acceptors (Lipinski definition) is 4. The third kappa shape index (κ3) is 2.74. The van der Waals surface area contributed by atoms with Gasteiger partial charge in [0.2, 0.25) is 0 Å². The van der Waals surface area contributed by atoms with Crippen LogP contribution in [0, 0.1) is 0 Å². The fourth-order valence-corrected chi connectivity index (χ4v) is 3.31. The molecule has 0 spiro atoms. The highest BCUT2D eigenvalue weighted by molar-refractivity contribution is 5.94. The molecule has 23 heavy (non-hydrogen) atoms. The van der Waals surface area contributed by atoms with Crippen molar-refractivity contribution in [2.45, 2.75) is 31.7 Å². The van der Waals surface area contributed by atoms with Gasteiger partial charge in [-0.25, -0.2) is 4.98 Å². The van der Waals surface area contributed by atoms with Gasteiger partial charge in [0.15, 0.2) is 0 Å². The molecule has 3 heterocycles. The van der Waals surface area contributed by atoms with Crippen LogP contribution in [0.25, 0.3) is 22.2 Å². The van der Waals surface area contributed by atoms with Gasteiger partial charge in [0.25, 0.3) is 0 Å². The molecule has 1 fully saturated rings. The highest BCUT2D eigenvalue weighted by atomic mass is 16.5. The number of pyridine rings is 2. The largest absolute Gasteiger partial charge is 0.495 e. The van der Waals surface area contributed by atoms with E-state index in [0.717, 1.165) is 33.7 Å². The Morgan fingerprint density at radius 1 is 1.22 bits per heavy atom. The lowest BCUT2D eigenvalue weighted by Gasteiger charge is -2.14. The quantitative estimate of drug-likeness (QED) is 0.765. The lowest BCUT2D eigenvalue weighted by molar-refractivity contribution is 0.413. The van der Waals surface area contributed by atoms with Gasteiger partial charge in [-0.3, -0.25) is 4.98 Å². The van der Waals surface area contributed by atoms with E-state index < -0.39 is 0 Å². The number of rotatable bonds is 4. The van der Waals surface area contributed by atoms with Gasteiger partial charge in [0.05, 0.1) is 13.3 Å². The predicted octanol–water partition coefficient (Wildman–Crippen LogP) is 3.99. The Labute approximate surface area is 135 Å². The Kier molecular flexibility index (Phi) is 3.61. The van der Waals surface area contributed by atoms with Gasteiger partial charge in [-0.2, -0.15) is 0 Å². The van der Waals surface area contributed by atoms with Crippen molar-refractivity contribution in [2.24, 2.45) is 0 Å². The summed E-state index contributed by atoms with van der Waals surface area (Å²) in [5, 5.41) is 4.67. The van der Waals surface area contributed by atoms with Crippen molar-refractivity contribution in [3.8, 4) is 16.9 Å². The Bertz CT molecular complexity index is 821. The second-order valence-electron chi connectivity index (χ2n) is 6.03. The highest BCUT2D eigenvalue weighted by Gasteiger charge is 2.17. The lowest BCUT2D eigenvalue weighted by Crippen LogP contribution is -2.15. The molecular formula is C18H20N4O. The molecule has 2 N–H and O–H groups in total. The number of fused-ring (bicyclic) bond motifs is 1. The molecular weight excluding hydrogens is 288 g/mol. The SMILES string of the molecule is COc1cncc(-c2cc(NC3CCCC3)nc3[nH]ccc23)c1. The van der Waals surface area contributed by atoms with E-state index in [-0.39, 0.29) is 0 Å². The van der Waals surface area contributed by atoms with E-state index in [1.165, 1.54) is 25.7 Å². The van der Waals surface area contributed by atoms with Crippen LogP contribution in [0.4, 0.5) is 5.82 Å². The maximum atomic E-state index is 5.31. The number of methoxy groups -OCH3 is 1. The van der Waals surface area contributed by atoms with Crippen LogP contribution >= 0.6 is 0 Å². The maximum Gasteiger partial charge on any atom is 0.140 e. The third-order valence-corrected chi connectivity index (χ3v) is 4.50. The number of aromatic amines is 1. The molecule has 5 heteroatoms. The van der Waals surface area contributed by atoms with Gasteiger partial charge in [0, 0.05) is 29.4 Å². The molecule has 5 nitrogen and oxygen atoms in total. The summed E-state index contributed by atoms with van der Waals surface area (Å²) in [4.78, 5) is 12.2. The monoisotopic (exact) mass is 308 g/mol. The van der Waals surface area contributed by atoms with E-state index >= 15 is 0 Å². The lowest BCUT2D eigenvalue weighted by atomic mass is 10.1. The fraction of sp³-hybridized carbons (Fsp3) is 0.333. The minimum absolute atomic E-state index is 0.534. The van der Waals surface area contributed by atoms with Crippen molar-refractivity contribution in [3.05, 3.63) is 36.8 Å². The van der Waals surface area contributed by atoms with Crippen molar-refractivity contribution in [1.82, 2.24) is 15.0 Å². The van der Waals surface area contributed by atoms with Crippen LogP contribution < -0.4 is 10.1 Å². The average molecular weight is 308 g/mol. The van der Waals surface area contributed by atoms with E-state index in [2.05, 4.69) is 27.4 Å². The molecule has 0 amide bonds. The molecule has 0 aromatic carbocycles. The molecule has 3 aromatic heterocycles. The first-order valence-corrected chi connectivity index (χ1v) is 8.07. The predicted molar refractivity (Wildman–Crippen MR) is 91.8 cm³/mol. The number of aromatic nitrogens is 3. The Hall–Kier alpha value is -2.56. The summed E-state index contributed by atoms with van der Waals surface area (Å²) < 4.78 is 5.31. The first-order valence-electron chi connectivity index (χ1n) is 8.07. The van der Waals surface area contributed by atoms with E-state index in [4.69, 9.17) is 9.72 Å². The number of nitrogens with one attached hydrogen (secondary N) is 2. The number of hydrogen-bond donors (Lipinski definition) is 2. The van der Waals surface area contributed by atoms with Crippen molar-refractivity contribution >= 4 is 16.9 Å². The van der Waals surface area contributed by atoms with Crippen molar-refractivity contribution in [1.29, 1.82) is 0 Å². The van der Waals surface area contributed by atoms with Gasteiger partial charge in [-0.15, -0.1) is 0 Å². The summed E-state index contributed by atoms with van der Waals surface area (Å²) in [6.45, 7) is 0. The Balaban J connectivity index is 1.78. The summed E-state index contributed by atoms with van der Waals surface area (Å²) >= 11 is 0. The molecule has 0 atom stereocenters. The van der Waals surface area contributed by atoms with Crippen LogP contribution in [-0.4, -0.2) is 28.1 Å². The van der Waals surface area contributed by atoms with E-state index in [9.17, 15) is 0 Å². The average Bonchev–Trinajstić information content (AvgIpc) is 3.25. The van der Waals surface area contributed by atoms with Crippen LogP contribution in [-0.2, 0) is 0 Å². The first kappa shape index (κ1) is 14.1. The molecule has 0 saturated heterocycles. The van der Waals surface area contributed by atoms with Crippen LogP contribution in [0.5, 0.6) is 5.75 Å². The molecule has 118 valence electrons. The summed E-state index contributed by atoms with van der Waals surface area (Å²) in [7, 11) is 1.66. The molecule has 0 bridgehead atoms. The first-order chi connectivity index (χ1) is 11.3. The van der Waals surface area contributed by atoms with E-state index in [1.54, 1.807) is 13.3 Å². The van der Waals surface area contributed by atoms with Gasteiger partial charge in [-0.05, 0) is 36.6 Å². The zero-order valence-electron chi connectivity index (χ0n) is 13.2. The van der Waals surface area contributed by atoms with Crippen LogP contribution in [0.2, 0.25) is 0 Å². The number of H-pyrrole nitrogens is 1. The fourth-order valence-electron chi connectivity index (χ4n) is 3.31. The summed E-state index contributed by atoms with van der Waals surface area (Å²) in [5.74, 6) is 1.68. The molecule has 0 unspecified atom stereocenters. The smallest absolute Gasteiger partial charge is 0.140 e. The summed E-state index contributed by atoms with van der Waals surface area (Å²) in [6, 6.07) is 6.71. The summed E-state index contributed by atoms with van der Waals surface area (Å²) in [6.07, 6.45) is 10.6. The molecule has 4 rings (SSSR count). The van der Waals surface area contributed by atoms with Crippen molar-refractivity contribution in [2.75, 3.05) is 12.4 Å². The number of anilines is 1. The summed E-state index contributed by atoms with van der Waals surface area (Å²) in [5.41, 5.74) is 3.04. The normalized spacial score (nSPS) is 15.2. The molecule has 1 aliphatic rings. The van der Waals surface area contributed by atoms with Crippen molar-refractivity contribution < 1.29 is 4.74 Å². The molecule has 0 aliphatic heterocycles. The molecule has 3 aromatic rings. The molecule has 1 aliphatic carbocycles. The molecule has 0 radical (unpaired) electrons. The number of ether oxygens (including phenoxy) is 1. The highest BCUT2D eigenvalue weighted by Crippen LogP contribution is 2.32. The molecule has 1 saturated carbocycles. The maximum absolute atomic E-state index is 5.31. The van der Waals surface area contributed by atoms with Crippen LogP contribution in [0.1, 0.15) is 25.7 Å². The second-order valence-corrected chi connectivity index (χ2v) is 6.03. The zero-order valence-corrected chi connectivity index (χ0v) is 13.2. The van der Waals surface area contributed by atoms with Crippen molar-refractivity contribution in [3.63, 3.8) is 0 Å². The Morgan fingerprint density at radius 3 is 2.91 bits per heavy atom.